The number of hydrogen-bond donors (Lipinski definition) is 1. The van der Waals surface area contributed by atoms with Crippen molar-refractivity contribution in [3.05, 3.63) is 0 Å². The van der Waals surface area contributed by atoms with Gasteiger partial charge in [0.2, 0.25) is 0 Å². The predicted octanol–water partition coefficient (Wildman–Crippen LogP) is 1.33. The van der Waals surface area contributed by atoms with Crippen LogP contribution in [0.5, 0.6) is 0 Å². The zero-order chi connectivity index (χ0) is 9.40. The summed E-state index contributed by atoms with van der Waals surface area (Å²) in [5.41, 5.74) is 0. The van der Waals surface area contributed by atoms with Crippen LogP contribution in [0.4, 0.5) is 0 Å². The Morgan fingerprint density at radius 1 is 1.50 bits per heavy atom. The van der Waals surface area contributed by atoms with Crippen molar-refractivity contribution in [3.8, 4) is 0 Å². The molecule has 0 fully saturated rings. The molecule has 0 rings (SSSR count). The van der Waals surface area contributed by atoms with E-state index in [4.69, 9.17) is 4.74 Å². The van der Waals surface area contributed by atoms with Crippen molar-refractivity contribution < 1.29 is 9.53 Å². The number of nitrogens with one attached hydrogen (secondary N) is 1. The Labute approximate surface area is 74.5 Å². The van der Waals surface area contributed by atoms with Gasteiger partial charge in [0.05, 0.1) is 0 Å². The number of likely N-dealkylation sites (N-methyl/N-ethyl adjacent to an activating group) is 1. The summed E-state index contributed by atoms with van der Waals surface area (Å²) in [5, 5.41) is 2.99. The van der Waals surface area contributed by atoms with Crippen LogP contribution in [0.25, 0.3) is 0 Å². The van der Waals surface area contributed by atoms with Crippen molar-refractivity contribution in [1.82, 2.24) is 5.32 Å². The van der Waals surface area contributed by atoms with E-state index in [2.05, 4.69) is 5.32 Å². The fourth-order valence-corrected chi connectivity index (χ4v) is 0.946. The van der Waals surface area contributed by atoms with Crippen LogP contribution in [0.2, 0.25) is 0 Å². The minimum Gasteiger partial charge on any atom is -0.461 e. The van der Waals surface area contributed by atoms with Gasteiger partial charge in [-0.05, 0) is 19.9 Å². The van der Waals surface area contributed by atoms with Gasteiger partial charge in [-0.15, -0.1) is 0 Å². The van der Waals surface area contributed by atoms with Gasteiger partial charge in [-0.25, -0.2) is 0 Å². The third-order valence-electron chi connectivity index (χ3n) is 1.64. The topological polar surface area (TPSA) is 38.3 Å². The van der Waals surface area contributed by atoms with Crippen LogP contribution in [-0.4, -0.2) is 25.7 Å². The molecule has 1 atom stereocenters. The first-order valence-corrected chi connectivity index (χ1v) is 4.58. The highest BCUT2D eigenvalue weighted by atomic mass is 16.5. The molecule has 0 bridgehead atoms. The van der Waals surface area contributed by atoms with Crippen LogP contribution in [0, 0.1) is 0 Å². The van der Waals surface area contributed by atoms with Crippen molar-refractivity contribution in [2.24, 2.45) is 0 Å². The summed E-state index contributed by atoms with van der Waals surface area (Å²) in [6.07, 6.45) is 2.29. The lowest BCUT2D eigenvalue weighted by molar-refractivity contribution is -0.149. The highest BCUT2D eigenvalue weighted by Crippen LogP contribution is 2.00. The quantitative estimate of drug-likeness (QED) is 0.616. The third-order valence-corrected chi connectivity index (χ3v) is 1.64. The van der Waals surface area contributed by atoms with E-state index in [1.54, 1.807) is 0 Å². The van der Waals surface area contributed by atoms with E-state index in [1.807, 2.05) is 20.9 Å². The lowest BCUT2D eigenvalue weighted by Crippen LogP contribution is -2.28. The van der Waals surface area contributed by atoms with Gasteiger partial charge in [0, 0.05) is 13.0 Å². The van der Waals surface area contributed by atoms with Gasteiger partial charge in [-0.1, -0.05) is 13.8 Å². The van der Waals surface area contributed by atoms with Crippen LogP contribution in [0.3, 0.4) is 0 Å². The standard InChI is InChI=1S/C9H19NO2/c1-4-6-9(11)12-8(5-2)7-10-3/h8,10H,4-7H2,1-3H3. The summed E-state index contributed by atoms with van der Waals surface area (Å²) in [4.78, 5) is 11.0. The highest BCUT2D eigenvalue weighted by molar-refractivity contribution is 5.69. The Bertz CT molecular complexity index is 126. The average Bonchev–Trinajstić information content (AvgIpc) is 2.04. The fraction of sp³-hybridized carbons (Fsp3) is 0.889. The molecule has 1 unspecified atom stereocenters. The van der Waals surface area contributed by atoms with Crippen molar-refractivity contribution >= 4 is 5.97 Å². The maximum absolute atomic E-state index is 11.0. The van der Waals surface area contributed by atoms with Gasteiger partial charge in [0.1, 0.15) is 6.10 Å². The summed E-state index contributed by atoms with van der Waals surface area (Å²) >= 11 is 0. The monoisotopic (exact) mass is 173 g/mol. The number of esters is 1. The molecular weight excluding hydrogens is 154 g/mol. The number of carbonyl (C=O) groups excluding carboxylic acids is 1. The molecular formula is C9H19NO2. The van der Waals surface area contributed by atoms with Crippen molar-refractivity contribution in [3.63, 3.8) is 0 Å². The second-order valence-corrected chi connectivity index (χ2v) is 2.83. The zero-order valence-corrected chi connectivity index (χ0v) is 8.22. The molecule has 72 valence electrons. The van der Waals surface area contributed by atoms with E-state index in [0.717, 1.165) is 19.4 Å². The second kappa shape index (κ2) is 7.10. The molecule has 3 heteroatoms. The van der Waals surface area contributed by atoms with Gasteiger partial charge >= 0.3 is 5.97 Å². The first kappa shape index (κ1) is 11.4. The van der Waals surface area contributed by atoms with E-state index >= 15 is 0 Å². The minimum atomic E-state index is -0.0837. The molecule has 0 radical (unpaired) electrons. The summed E-state index contributed by atoms with van der Waals surface area (Å²) in [6.45, 7) is 4.73. The molecule has 0 saturated carbocycles. The molecule has 12 heavy (non-hydrogen) atoms. The van der Waals surface area contributed by atoms with Crippen molar-refractivity contribution in [2.45, 2.75) is 39.2 Å². The van der Waals surface area contributed by atoms with Gasteiger partial charge in [0.25, 0.3) is 0 Å². The number of rotatable bonds is 6. The Kier molecular flexibility index (Phi) is 6.76. The third kappa shape index (κ3) is 5.13. The number of carbonyl (C=O) groups is 1. The Morgan fingerprint density at radius 2 is 2.17 bits per heavy atom. The van der Waals surface area contributed by atoms with Crippen LogP contribution >= 0.6 is 0 Å². The molecule has 0 heterocycles. The van der Waals surface area contributed by atoms with Gasteiger partial charge in [-0.3, -0.25) is 4.79 Å². The largest absolute Gasteiger partial charge is 0.461 e. The molecule has 0 spiro atoms. The molecule has 3 nitrogen and oxygen atoms in total. The molecule has 0 aromatic rings. The predicted molar refractivity (Wildman–Crippen MR) is 49.0 cm³/mol. The Morgan fingerprint density at radius 3 is 2.58 bits per heavy atom. The first-order valence-electron chi connectivity index (χ1n) is 4.58. The lowest BCUT2D eigenvalue weighted by Gasteiger charge is -2.14. The van der Waals surface area contributed by atoms with Crippen molar-refractivity contribution in [2.75, 3.05) is 13.6 Å². The molecule has 0 aromatic heterocycles. The maximum Gasteiger partial charge on any atom is 0.306 e. The van der Waals surface area contributed by atoms with E-state index in [9.17, 15) is 4.79 Å². The van der Waals surface area contributed by atoms with Gasteiger partial charge < -0.3 is 10.1 Å². The SMILES string of the molecule is CCCC(=O)OC(CC)CNC. The fourth-order valence-electron chi connectivity index (χ4n) is 0.946. The molecule has 0 aliphatic rings. The Hall–Kier alpha value is -0.570. The summed E-state index contributed by atoms with van der Waals surface area (Å²) in [7, 11) is 1.86. The molecule has 1 N–H and O–H groups in total. The second-order valence-electron chi connectivity index (χ2n) is 2.83. The van der Waals surface area contributed by atoms with Crippen LogP contribution < -0.4 is 5.32 Å². The van der Waals surface area contributed by atoms with E-state index in [0.29, 0.717) is 6.42 Å². The minimum absolute atomic E-state index is 0.0362. The van der Waals surface area contributed by atoms with Crippen LogP contribution in [0.15, 0.2) is 0 Å². The van der Waals surface area contributed by atoms with E-state index in [1.165, 1.54) is 0 Å². The smallest absolute Gasteiger partial charge is 0.306 e. The first-order chi connectivity index (χ1) is 5.74. The van der Waals surface area contributed by atoms with Gasteiger partial charge in [0.15, 0.2) is 0 Å². The van der Waals surface area contributed by atoms with Crippen LogP contribution in [-0.2, 0) is 9.53 Å². The molecule has 0 aliphatic heterocycles. The van der Waals surface area contributed by atoms with Gasteiger partial charge in [-0.2, -0.15) is 0 Å². The molecule has 0 amide bonds. The van der Waals surface area contributed by atoms with E-state index in [-0.39, 0.29) is 12.1 Å². The highest BCUT2D eigenvalue weighted by Gasteiger charge is 2.09. The number of ether oxygens (including phenoxy) is 1. The summed E-state index contributed by atoms with van der Waals surface area (Å²) < 4.78 is 5.18. The number of hydrogen-bond acceptors (Lipinski definition) is 3. The van der Waals surface area contributed by atoms with E-state index < -0.39 is 0 Å². The normalized spacial score (nSPS) is 12.6. The average molecular weight is 173 g/mol. The summed E-state index contributed by atoms with van der Waals surface area (Å²) in [5.74, 6) is -0.0837. The van der Waals surface area contributed by atoms with Crippen molar-refractivity contribution in [1.29, 1.82) is 0 Å². The molecule has 0 aromatic carbocycles. The molecule has 0 aliphatic carbocycles. The Balaban J connectivity index is 3.61. The zero-order valence-electron chi connectivity index (χ0n) is 8.22. The lowest BCUT2D eigenvalue weighted by atomic mass is 10.2. The summed E-state index contributed by atoms with van der Waals surface area (Å²) in [6, 6.07) is 0. The molecule has 0 saturated heterocycles. The maximum atomic E-state index is 11.0. The van der Waals surface area contributed by atoms with Crippen LogP contribution in [0.1, 0.15) is 33.1 Å².